The summed E-state index contributed by atoms with van der Waals surface area (Å²) in [6.07, 6.45) is 3.55. The average molecular weight is 470 g/mol. The Labute approximate surface area is 210 Å². The molecule has 1 spiro atoms. The van der Waals surface area contributed by atoms with Crippen LogP contribution in [0.2, 0.25) is 0 Å². The first-order chi connectivity index (χ1) is 17.6. The molecule has 0 radical (unpaired) electrons. The summed E-state index contributed by atoms with van der Waals surface area (Å²) in [5, 5.41) is 9.03. The molecule has 4 nitrogen and oxygen atoms in total. The lowest BCUT2D eigenvalue weighted by Crippen LogP contribution is -2.31. The summed E-state index contributed by atoms with van der Waals surface area (Å²) < 4.78 is 2.08. The van der Waals surface area contributed by atoms with Crippen molar-refractivity contribution in [2.45, 2.75) is 37.1 Å². The third-order valence-corrected chi connectivity index (χ3v) is 8.25. The van der Waals surface area contributed by atoms with E-state index in [4.69, 9.17) is 5.10 Å². The van der Waals surface area contributed by atoms with Gasteiger partial charge in [0.2, 0.25) is 5.91 Å². The molecule has 1 aromatic heterocycles. The predicted octanol–water partition coefficient (Wildman–Crippen LogP) is 6.17. The second-order valence-corrected chi connectivity index (χ2v) is 10.4. The van der Waals surface area contributed by atoms with Gasteiger partial charge >= 0.3 is 0 Å². The van der Waals surface area contributed by atoms with Crippen molar-refractivity contribution in [1.29, 1.82) is 0 Å². The minimum absolute atomic E-state index is 0.122. The van der Waals surface area contributed by atoms with Crippen LogP contribution in [0.4, 0.5) is 5.69 Å². The molecule has 2 unspecified atom stereocenters. The van der Waals surface area contributed by atoms with Crippen molar-refractivity contribution in [2.75, 3.05) is 5.32 Å². The third kappa shape index (κ3) is 3.00. The van der Waals surface area contributed by atoms with Gasteiger partial charge in [-0.25, -0.2) is 0 Å². The van der Waals surface area contributed by atoms with Crippen LogP contribution in [0.25, 0.3) is 10.9 Å². The molecule has 7 rings (SSSR count). The van der Waals surface area contributed by atoms with Crippen LogP contribution in [0.1, 0.15) is 34.2 Å². The lowest BCUT2D eigenvalue weighted by molar-refractivity contribution is -0.118. The summed E-state index contributed by atoms with van der Waals surface area (Å²) >= 11 is 0. The Morgan fingerprint density at radius 2 is 1.64 bits per heavy atom. The smallest absolute Gasteiger partial charge is 0.236 e. The molecule has 2 atom stereocenters. The standard InChI is InChI=1S/C32H27N3O/c1-22-12-15-28-27(16-22)32(30(36)34-28)21-31(32,18-23-8-4-2-5-9-23)26-14-13-25-19-33-35(29(25)17-26)20-24-10-6-3-7-11-24/h2-17,19H,18,20-21H2,1H3,(H,34,36). The summed E-state index contributed by atoms with van der Waals surface area (Å²) in [7, 11) is 0. The second kappa shape index (κ2) is 7.66. The van der Waals surface area contributed by atoms with E-state index in [2.05, 4.69) is 102 Å². The largest absolute Gasteiger partial charge is 0.325 e. The monoisotopic (exact) mass is 469 g/mol. The highest BCUT2D eigenvalue weighted by Gasteiger charge is 2.75. The number of carbonyl (C=O) groups is 1. The van der Waals surface area contributed by atoms with Gasteiger partial charge in [0.05, 0.1) is 23.7 Å². The maximum absolute atomic E-state index is 13.7. The van der Waals surface area contributed by atoms with Gasteiger partial charge in [-0.2, -0.15) is 5.10 Å². The van der Waals surface area contributed by atoms with Crippen molar-refractivity contribution < 1.29 is 4.79 Å². The van der Waals surface area contributed by atoms with Gasteiger partial charge in [-0.15, -0.1) is 0 Å². The van der Waals surface area contributed by atoms with Gasteiger partial charge in [-0.3, -0.25) is 9.48 Å². The van der Waals surface area contributed by atoms with Gasteiger partial charge < -0.3 is 5.32 Å². The number of carbonyl (C=O) groups excluding carboxylic acids is 1. The molecule has 4 aromatic carbocycles. The fourth-order valence-electron chi connectivity index (χ4n) is 6.39. The van der Waals surface area contributed by atoms with E-state index >= 15 is 0 Å². The molecule has 176 valence electrons. The molecule has 1 fully saturated rings. The van der Waals surface area contributed by atoms with Crippen LogP contribution in [0, 0.1) is 6.92 Å². The molecule has 2 heterocycles. The molecule has 4 heteroatoms. The number of amides is 1. The highest BCUT2D eigenvalue weighted by atomic mass is 16.2. The van der Waals surface area contributed by atoms with Crippen molar-refractivity contribution in [1.82, 2.24) is 9.78 Å². The van der Waals surface area contributed by atoms with Crippen LogP contribution < -0.4 is 5.32 Å². The van der Waals surface area contributed by atoms with Crippen molar-refractivity contribution in [3.05, 3.63) is 131 Å². The Morgan fingerprint density at radius 1 is 0.889 bits per heavy atom. The average Bonchev–Trinajstić information content (AvgIpc) is 3.29. The summed E-state index contributed by atoms with van der Waals surface area (Å²) in [5.74, 6) is 0.122. The van der Waals surface area contributed by atoms with Crippen LogP contribution in [0.5, 0.6) is 0 Å². The number of hydrogen-bond donors (Lipinski definition) is 1. The van der Waals surface area contributed by atoms with E-state index in [1.165, 1.54) is 22.3 Å². The molecule has 0 bridgehead atoms. The molecule has 5 aromatic rings. The highest BCUT2D eigenvalue weighted by molar-refractivity contribution is 6.11. The molecule has 1 N–H and O–H groups in total. The maximum atomic E-state index is 13.7. The summed E-state index contributed by atoms with van der Waals surface area (Å²) in [6, 6.07) is 34.0. The van der Waals surface area contributed by atoms with Crippen LogP contribution in [-0.2, 0) is 28.6 Å². The Hall–Kier alpha value is -4.18. The molecule has 1 amide bonds. The maximum Gasteiger partial charge on any atom is 0.236 e. The van der Waals surface area contributed by atoms with Gasteiger partial charge in [0.15, 0.2) is 0 Å². The highest BCUT2D eigenvalue weighted by Crippen LogP contribution is 2.70. The Kier molecular flexibility index (Phi) is 4.50. The number of fused-ring (bicyclic) bond motifs is 3. The van der Waals surface area contributed by atoms with Crippen molar-refractivity contribution in [2.24, 2.45) is 0 Å². The molecule has 1 aliphatic heterocycles. The van der Waals surface area contributed by atoms with Crippen LogP contribution in [0.15, 0.2) is 103 Å². The van der Waals surface area contributed by atoms with Crippen molar-refractivity contribution in [3.63, 3.8) is 0 Å². The van der Waals surface area contributed by atoms with E-state index in [1.54, 1.807) is 0 Å². The number of aryl methyl sites for hydroxylation is 1. The van der Waals surface area contributed by atoms with E-state index in [1.807, 2.05) is 18.3 Å². The lowest BCUT2D eigenvalue weighted by Gasteiger charge is -2.23. The molecule has 0 saturated heterocycles. The zero-order valence-corrected chi connectivity index (χ0v) is 20.2. The first kappa shape index (κ1) is 21.1. The first-order valence-electron chi connectivity index (χ1n) is 12.6. The quantitative estimate of drug-likeness (QED) is 0.335. The van der Waals surface area contributed by atoms with E-state index in [9.17, 15) is 4.79 Å². The Morgan fingerprint density at radius 3 is 2.42 bits per heavy atom. The summed E-state index contributed by atoms with van der Waals surface area (Å²) in [5.41, 5.74) is 7.19. The summed E-state index contributed by atoms with van der Waals surface area (Å²) in [4.78, 5) is 13.7. The zero-order chi connectivity index (χ0) is 24.3. The third-order valence-electron chi connectivity index (χ3n) is 8.25. The van der Waals surface area contributed by atoms with Gasteiger partial charge in [-0.1, -0.05) is 90.5 Å². The number of rotatable bonds is 5. The van der Waals surface area contributed by atoms with Gasteiger partial charge in [0.1, 0.15) is 0 Å². The fraction of sp³-hybridized carbons (Fsp3) is 0.188. The van der Waals surface area contributed by atoms with Crippen LogP contribution in [-0.4, -0.2) is 15.7 Å². The Balaban J connectivity index is 1.39. The number of anilines is 1. The number of benzene rings is 4. The predicted molar refractivity (Wildman–Crippen MR) is 143 cm³/mol. The molecular weight excluding hydrogens is 442 g/mol. The van der Waals surface area contributed by atoms with Crippen LogP contribution in [0.3, 0.4) is 0 Å². The number of hydrogen-bond acceptors (Lipinski definition) is 2. The van der Waals surface area contributed by atoms with Crippen molar-refractivity contribution >= 4 is 22.5 Å². The second-order valence-electron chi connectivity index (χ2n) is 10.4. The topological polar surface area (TPSA) is 46.9 Å². The molecule has 1 saturated carbocycles. The van der Waals surface area contributed by atoms with Gasteiger partial charge in [0, 0.05) is 16.5 Å². The summed E-state index contributed by atoms with van der Waals surface area (Å²) in [6.45, 7) is 2.82. The molecule has 36 heavy (non-hydrogen) atoms. The zero-order valence-electron chi connectivity index (χ0n) is 20.2. The first-order valence-corrected chi connectivity index (χ1v) is 12.6. The van der Waals surface area contributed by atoms with Crippen molar-refractivity contribution in [3.8, 4) is 0 Å². The van der Waals surface area contributed by atoms with Gasteiger partial charge in [0.25, 0.3) is 0 Å². The minimum atomic E-state index is -0.553. The lowest BCUT2D eigenvalue weighted by atomic mass is 9.78. The minimum Gasteiger partial charge on any atom is -0.325 e. The number of aromatic nitrogens is 2. The fourth-order valence-corrected chi connectivity index (χ4v) is 6.39. The SMILES string of the molecule is Cc1ccc2c(c1)C1(CC1(Cc1ccccc1)c1ccc3cnn(Cc4ccccc4)c3c1)C(=O)N2. The van der Waals surface area contributed by atoms with E-state index in [0.717, 1.165) is 35.0 Å². The van der Waals surface area contributed by atoms with Gasteiger partial charge in [-0.05, 0) is 54.2 Å². The molecular formula is C32H27N3O. The number of nitrogens with one attached hydrogen (secondary N) is 1. The van der Waals surface area contributed by atoms with E-state index < -0.39 is 5.41 Å². The molecule has 2 aliphatic rings. The van der Waals surface area contributed by atoms with E-state index in [0.29, 0.717) is 6.54 Å². The normalized spacial score (nSPS) is 22.1. The van der Waals surface area contributed by atoms with E-state index in [-0.39, 0.29) is 11.3 Å². The number of nitrogens with zero attached hydrogens (tertiary/aromatic N) is 2. The van der Waals surface area contributed by atoms with Crippen LogP contribution >= 0.6 is 0 Å². The Bertz CT molecular complexity index is 1620. The molecule has 1 aliphatic carbocycles.